The van der Waals surface area contributed by atoms with Gasteiger partial charge < -0.3 is 5.32 Å². The van der Waals surface area contributed by atoms with E-state index < -0.39 is 6.04 Å². The lowest BCUT2D eigenvalue weighted by Gasteiger charge is -2.18. The van der Waals surface area contributed by atoms with Crippen molar-refractivity contribution in [3.63, 3.8) is 0 Å². The fraction of sp³-hybridized carbons (Fsp3) is 0.318. The average molecular weight is 380 g/mol. The van der Waals surface area contributed by atoms with E-state index in [1.165, 1.54) is 6.07 Å². The molecule has 1 amide bonds. The lowest BCUT2D eigenvalue weighted by Crippen LogP contribution is -2.28. The summed E-state index contributed by atoms with van der Waals surface area (Å²) in [6, 6.07) is 7.70. The molecule has 1 atom stereocenters. The number of pyridine rings is 1. The predicted octanol–water partition coefficient (Wildman–Crippen LogP) is 4.64. The van der Waals surface area contributed by atoms with Gasteiger partial charge in [-0.1, -0.05) is 18.2 Å². The van der Waals surface area contributed by atoms with Gasteiger partial charge in [0.05, 0.1) is 17.8 Å². The van der Waals surface area contributed by atoms with Gasteiger partial charge in [0.1, 0.15) is 11.5 Å². The van der Waals surface area contributed by atoms with E-state index in [1.54, 1.807) is 43.6 Å². The molecule has 0 bridgehead atoms. The number of nitrogens with one attached hydrogen (secondary N) is 1. The number of amides is 1. The van der Waals surface area contributed by atoms with Gasteiger partial charge in [-0.05, 0) is 57.9 Å². The van der Waals surface area contributed by atoms with Crippen LogP contribution >= 0.6 is 0 Å². The predicted molar refractivity (Wildman–Crippen MR) is 107 cm³/mol. The van der Waals surface area contributed by atoms with Crippen molar-refractivity contribution in [2.75, 3.05) is 0 Å². The van der Waals surface area contributed by atoms with Crippen LogP contribution in [0.2, 0.25) is 0 Å². The van der Waals surface area contributed by atoms with Crippen LogP contribution in [0.3, 0.4) is 0 Å². The summed E-state index contributed by atoms with van der Waals surface area (Å²) in [5.41, 5.74) is 3.36. The first kappa shape index (κ1) is 19.7. The van der Waals surface area contributed by atoms with Crippen LogP contribution in [0.25, 0.3) is 11.1 Å². The summed E-state index contributed by atoms with van der Waals surface area (Å²) in [7, 11) is 0. The van der Waals surface area contributed by atoms with Gasteiger partial charge in [0.25, 0.3) is 5.91 Å². The van der Waals surface area contributed by atoms with E-state index in [-0.39, 0.29) is 23.0 Å². The van der Waals surface area contributed by atoms with E-state index in [1.807, 2.05) is 17.8 Å². The summed E-state index contributed by atoms with van der Waals surface area (Å²) in [5.74, 6) is -0.692. The third kappa shape index (κ3) is 4.11. The molecular weight excluding hydrogens is 355 g/mol. The summed E-state index contributed by atoms with van der Waals surface area (Å²) in [4.78, 5) is 16.9. The highest BCUT2D eigenvalue weighted by atomic mass is 19.1. The normalized spacial score (nSPS) is 12.6. The minimum Gasteiger partial charge on any atom is -0.344 e. The summed E-state index contributed by atoms with van der Waals surface area (Å²) in [6.07, 6.45) is 5.43. The standard InChI is InChI=1S/C22H25FN4O/c1-14-11-24-20(10-18(14)16-12-25-27(13-16)22(3,4)5)21(28)26-15(2)17-8-6-7-9-19(17)23/h6-13,15H,1-5H3,(H,26,28). The second-order valence-electron chi connectivity index (χ2n) is 7.95. The summed E-state index contributed by atoms with van der Waals surface area (Å²) >= 11 is 0. The highest BCUT2D eigenvalue weighted by Gasteiger charge is 2.18. The highest BCUT2D eigenvalue weighted by Crippen LogP contribution is 2.26. The van der Waals surface area contributed by atoms with Crippen LogP contribution in [0.15, 0.2) is 48.9 Å². The fourth-order valence-corrected chi connectivity index (χ4v) is 2.96. The molecule has 146 valence electrons. The molecule has 0 aliphatic rings. The average Bonchev–Trinajstić information content (AvgIpc) is 3.12. The van der Waals surface area contributed by atoms with Gasteiger partial charge in [-0.3, -0.25) is 14.5 Å². The molecule has 0 spiro atoms. The third-order valence-corrected chi connectivity index (χ3v) is 4.64. The molecule has 0 aliphatic heterocycles. The van der Waals surface area contributed by atoms with Crippen LogP contribution in [-0.2, 0) is 5.54 Å². The molecule has 2 heterocycles. The van der Waals surface area contributed by atoms with Crippen molar-refractivity contribution >= 4 is 5.91 Å². The number of aromatic nitrogens is 3. The molecule has 1 N–H and O–H groups in total. The monoisotopic (exact) mass is 380 g/mol. The van der Waals surface area contributed by atoms with Gasteiger partial charge in [0.2, 0.25) is 0 Å². The first-order chi connectivity index (χ1) is 13.2. The summed E-state index contributed by atoms with van der Waals surface area (Å²) < 4.78 is 15.8. The molecule has 0 saturated carbocycles. The Morgan fingerprint density at radius 2 is 1.93 bits per heavy atom. The molecule has 3 aromatic rings. The number of carbonyl (C=O) groups excluding carboxylic acids is 1. The van der Waals surface area contributed by atoms with Crippen LogP contribution in [-0.4, -0.2) is 20.7 Å². The quantitative estimate of drug-likeness (QED) is 0.717. The first-order valence-corrected chi connectivity index (χ1v) is 9.24. The van der Waals surface area contributed by atoms with Crippen LogP contribution in [0.4, 0.5) is 4.39 Å². The number of hydrogen-bond donors (Lipinski definition) is 1. The molecule has 1 aromatic carbocycles. The Kier molecular flexibility index (Phi) is 5.31. The molecule has 5 nitrogen and oxygen atoms in total. The van der Waals surface area contributed by atoms with Crippen LogP contribution in [0, 0.1) is 12.7 Å². The molecule has 0 radical (unpaired) electrons. The zero-order chi connectivity index (χ0) is 20.5. The fourth-order valence-electron chi connectivity index (χ4n) is 2.96. The van der Waals surface area contributed by atoms with E-state index >= 15 is 0 Å². The first-order valence-electron chi connectivity index (χ1n) is 9.24. The van der Waals surface area contributed by atoms with Gasteiger partial charge in [0, 0.05) is 23.5 Å². The van der Waals surface area contributed by atoms with Crippen molar-refractivity contribution < 1.29 is 9.18 Å². The zero-order valence-electron chi connectivity index (χ0n) is 16.8. The number of nitrogens with zero attached hydrogens (tertiary/aromatic N) is 3. The Morgan fingerprint density at radius 1 is 1.21 bits per heavy atom. The lowest BCUT2D eigenvalue weighted by atomic mass is 10.0. The van der Waals surface area contributed by atoms with Crippen molar-refractivity contribution in [2.45, 2.75) is 46.2 Å². The zero-order valence-corrected chi connectivity index (χ0v) is 16.8. The Labute approximate surface area is 164 Å². The largest absolute Gasteiger partial charge is 0.344 e. The molecule has 2 aromatic heterocycles. The minimum atomic E-state index is -0.469. The Hall–Kier alpha value is -3.02. The van der Waals surface area contributed by atoms with Gasteiger partial charge in [-0.2, -0.15) is 5.10 Å². The maximum absolute atomic E-state index is 14.0. The smallest absolute Gasteiger partial charge is 0.270 e. The van der Waals surface area contributed by atoms with Crippen molar-refractivity contribution in [3.05, 3.63) is 71.6 Å². The number of aryl methyl sites for hydroxylation is 1. The van der Waals surface area contributed by atoms with Gasteiger partial charge >= 0.3 is 0 Å². The molecule has 0 saturated heterocycles. The molecule has 3 rings (SSSR count). The second-order valence-corrected chi connectivity index (χ2v) is 7.95. The van der Waals surface area contributed by atoms with Crippen molar-refractivity contribution in [1.29, 1.82) is 0 Å². The van der Waals surface area contributed by atoms with Crippen LogP contribution < -0.4 is 5.32 Å². The Bertz CT molecular complexity index is 1000. The molecule has 28 heavy (non-hydrogen) atoms. The Balaban J connectivity index is 1.86. The van der Waals surface area contributed by atoms with E-state index in [0.29, 0.717) is 5.56 Å². The second kappa shape index (κ2) is 7.54. The summed E-state index contributed by atoms with van der Waals surface area (Å²) in [6.45, 7) is 9.92. The molecular formula is C22H25FN4O. The van der Waals surface area contributed by atoms with Crippen molar-refractivity contribution in [3.8, 4) is 11.1 Å². The van der Waals surface area contributed by atoms with E-state index in [0.717, 1.165) is 16.7 Å². The maximum Gasteiger partial charge on any atom is 0.270 e. The third-order valence-electron chi connectivity index (χ3n) is 4.64. The summed E-state index contributed by atoms with van der Waals surface area (Å²) in [5, 5.41) is 7.25. The van der Waals surface area contributed by atoms with E-state index in [2.05, 4.69) is 36.2 Å². The molecule has 0 aliphatic carbocycles. The maximum atomic E-state index is 14.0. The number of benzene rings is 1. The van der Waals surface area contributed by atoms with E-state index in [9.17, 15) is 9.18 Å². The number of rotatable bonds is 4. The SMILES string of the molecule is Cc1cnc(C(=O)NC(C)c2ccccc2F)cc1-c1cnn(C(C)(C)C)c1. The number of halogens is 1. The Morgan fingerprint density at radius 3 is 2.57 bits per heavy atom. The molecule has 0 fully saturated rings. The van der Waals surface area contributed by atoms with Crippen LogP contribution in [0.5, 0.6) is 0 Å². The van der Waals surface area contributed by atoms with Gasteiger partial charge in [-0.15, -0.1) is 0 Å². The molecule has 1 unspecified atom stereocenters. The highest BCUT2D eigenvalue weighted by molar-refractivity contribution is 5.94. The lowest BCUT2D eigenvalue weighted by molar-refractivity contribution is 0.0934. The van der Waals surface area contributed by atoms with Gasteiger partial charge in [-0.25, -0.2) is 4.39 Å². The topological polar surface area (TPSA) is 59.8 Å². The van der Waals surface area contributed by atoms with Crippen molar-refractivity contribution in [1.82, 2.24) is 20.1 Å². The van der Waals surface area contributed by atoms with Gasteiger partial charge in [0.15, 0.2) is 0 Å². The van der Waals surface area contributed by atoms with E-state index in [4.69, 9.17) is 0 Å². The number of hydrogen-bond acceptors (Lipinski definition) is 3. The van der Waals surface area contributed by atoms with Crippen LogP contribution in [0.1, 0.15) is 55.4 Å². The number of carbonyl (C=O) groups is 1. The molecule has 6 heteroatoms. The minimum absolute atomic E-state index is 0.130. The van der Waals surface area contributed by atoms with Crippen molar-refractivity contribution in [2.24, 2.45) is 0 Å².